The van der Waals surface area contributed by atoms with E-state index in [-0.39, 0.29) is 18.5 Å². The lowest BCUT2D eigenvalue weighted by molar-refractivity contribution is -0.122. The van der Waals surface area contributed by atoms with Crippen molar-refractivity contribution in [3.05, 3.63) is 35.4 Å². The quantitative estimate of drug-likeness (QED) is 0.819. The van der Waals surface area contributed by atoms with Crippen LogP contribution in [0.4, 0.5) is 0 Å². The van der Waals surface area contributed by atoms with Gasteiger partial charge in [-0.05, 0) is 37.8 Å². The largest absolute Gasteiger partial charge is 0.352 e. The molecule has 2 rings (SSSR count). The van der Waals surface area contributed by atoms with E-state index < -0.39 is 11.8 Å². The molecule has 1 aliphatic heterocycles. The van der Waals surface area contributed by atoms with E-state index in [1.54, 1.807) is 24.3 Å². The second-order valence-electron chi connectivity index (χ2n) is 6.18. The van der Waals surface area contributed by atoms with E-state index >= 15 is 0 Å². The highest BCUT2D eigenvalue weighted by Crippen LogP contribution is 2.21. The van der Waals surface area contributed by atoms with Crippen LogP contribution in [0.25, 0.3) is 0 Å². The lowest BCUT2D eigenvalue weighted by Gasteiger charge is -2.18. The third-order valence-electron chi connectivity index (χ3n) is 3.76. The first-order valence-electron chi connectivity index (χ1n) is 7.64. The molecule has 0 saturated carbocycles. The molecule has 1 heterocycles. The summed E-state index contributed by atoms with van der Waals surface area (Å²) >= 11 is 0. The van der Waals surface area contributed by atoms with Crippen LogP contribution >= 0.6 is 0 Å². The summed E-state index contributed by atoms with van der Waals surface area (Å²) in [6.07, 6.45) is 1.90. The minimum absolute atomic E-state index is 0.0325. The van der Waals surface area contributed by atoms with E-state index in [4.69, 9.17) is 0 Å². The van der Waals surface area contributed by atoms with Gasteiger partial charge in [0.1, 0.15) is 6.54 Å². The minimum Gasteiger partial charge on any atom is -0.352 e. The van der Waals surface area contributed by atoms with Gasteiger partial charge in [0.15, 0.2) is 0 Å². The number of imide groups is 1. The molecule has 0 unspecified atom stereocenters. The van der Waals surface area contributed by atoms with Crippen molar-refractivity contribution in [2.75, 3.05) is 6.54 Å². The molecule has 0 fully saturated rings. The zero-order chi connectivity index (χ0) is 16.3. The Hall–Kier alpha value is -2.17. The number of hydrogen-bond acceptors (Lipinski definition) is 3. The summed E-state index contributed by atoms with van der Waals surface area (Å²) in [5.74, 6) is -0.516. The molecule has 3 amide bonds. The number of carbonyl (C=O) groups is 3. The van der Waals surface area contributed by atoms with Crippen molar-refractivity contribution in [3.8, 4) is 0 Å². The summed E-state index contributed by atoms with van der Waals surface area (Å²) in [4.78, 5) is 37.4. The molecule has 0 aromatic heterocycles. The molecule has 5 heteroatoms. The van der Waals surface area contributed by atoms with Gasteiger partial charge in [-0.1, -0.05) is 26.0 Å². The Balaban J connectivity index is 1.93. The monoisotopic (exact) mass is 302 g/mol. The summed E-state index contributed by atoms with van der Waals surface area (Å²) in [5.41, 5.74) is 0.737. The van der Waals surface area contributed by atoms with Gasteiger partial charge in [-0.3, -0.25) is 19.3 Å². The first-order chi connectivity index (χ1) is 10.4. The van der Waals surface area contributed by atoms with Crippen molar-refractivity contribution in [2.45, 2.75) is 39.7 Å². The minimum atomic E-state index is -0.398. The van der Waals surface area contributed by atoms with Gasteiger partial charge in [-0.15, -0.1) is 0 Å². The van der Waals surface area contributed by atoms with Crippen LogP contribution in [0.2, 0.25) is 0 Å². The van der Waals surface area contributed by atoms with E-state index in [1.165, 1.54) is 0 Å². The van der Waals surface area contributed by atoms with Crippen LogP contribution in [0.1, 0.15) is 54.3 Å². The van der Waals surface area contributed by atoms with Crippen molar-refractivity contribution in [1.82, 2.24) is 10.2 Å². The van der Waals surface area contributed by atoms with Crippen LogP contribution in [0.3, 0.4) is 0 Å². The number of hydrogen-bond donors (Lipinski definition) is 1. The number of rotatable bonds is 6. The van der Waals surface area contributed by atoms with E-state index in [0.717, 1.165) is 17.7 Å². The van der Waals surface area contributed by atoms with Crippen molar-refractivity contribution < 1.29 is 14.4 Å². The molecular formula is C17H22N2O3. The van der Waals surface area contributed by atoms with Crippen LogP contribution < -0.4 is 5.32 Å². The van der Waals surface area contributed by atoms with Gasteiger partial charge in [0.25, 0.3) is 11.8 Å². The summed E-state index contributed by atoms with van der Waals surface area (Å²) in [5, 5.41) is 2.84. The fraction of sp³-hybridized carbons (Fsp3) is 0.471. The van der Waals surface area contributed by atoms with Gasteiger partial charge in [0, 0.05) is 6.04 Å². The highest BCUT2D eigenvalue weighted by atomic mass is 16.2. The van der Waals surface area contributed by atoms with Crippen LogP contribution in [0.5, 0.6) is 0 Å². The predicted octanol–water partition coefficient (Wildman–Crippen LogP) is 2.22. The highest BCUT2D eigenvalue weighted by molar-refractivity contribution is 6.22. The van der Waals surface area contributed by atoms with Gasteiger partial charge >= 0.3 is 0 Å². The molecule has 1 N–H and O–H groups in total. The molecule has 0 saturated heterocycles. The smallest absolute Gasteiger partial charge is 0.262 e. The Bertz CT molecular complexity index is 560. The zero-order valence-electron chi connectivity index (χ0n) is 13.3. The molecule has 1 aromatic rings. The van der Waals surface area contributed by atoms with Crippen molar-refractivity contribution in [1.29, 1.82) is 0 Å². The Morgan fingerprint density at radius 1 is 1.05 bits per heavy atom. The molecule has 0 aliphatic carbocycles. The standard InChI is InChI=1S/C17H22N2O3/c1-11(2)8-9-12(3)18-15(20)10-19-16(21)13-6-4-5-7-14(13)17(19)22/h4-7,11-12H,8-10H2,1-3H3,(H,18,20)/t12-/m0/s1. The third-order valence-corrected chi connectivity index (χ3v) is 3.76. The summed E-state index contributed by atoms with van der Waals surface area (Å²) < 4.78 is 0. The summed E-state index contributed by atoms with van der Waals surface area (Å²) in [7, 11) is 0. The van der Waals surface area contributed by atoms with Crippen LogP contribution in [-0.4, -0.2) is 35.2 Å². The summed E-state index contributed by atoms with van der Waals surface area (Å²) in [6.45, 7) is 5.97. The summed E-state index contributed by atoms with van der Waals surface area (Å²) in [6, 6.07) is 6.67. The Morgan fingerprint density at radius 2 is 1.59 bits per heavy atom. The number of carbonyl (C=O) groups excluding carboxylic acids is 3. The third kappa shape index (κ3) is 3.53. The number of amides is 3. The number of benzene rings is 1. The molecule has 1 aromatic carbocycles. The molecule has 0 spiro atoms. The zero-order valence-corrected chi connectivity index (χ0v) is 13.3. The molecule has 1 atom stereocenters. The molecule has 118 valence electrons. The van der Waals surface area contributed by atoms with Gasteiger partial charge < -0.3 is 5.32 Å². The van der Waals surface area contributed by atoms with Crippen molar-refractivity contribution in [3.63, 3.8) is 0 Å². The molecule has 1 aliphatic rings. The maximum atomic E-state index is 12.2. The maximum absolute atomic E-state index is 12.2. The SMILES string of the molecule is CC(C)CC[C@H](C)NC(=O)CN1C(=O)c2ccccc2C1=O. The van der Waals surface area contributed by atoms with Crippen molar-refractivity contribution in [2.24, 2.45) is 5.92 Å². The van der Waals surface area contributed by atoms with Gasteiger partial charge in [-0.25, -0.2) is 0 Å². The lowest BCUT2D eigenvalue weighted by Crippen LogP contribution is -2.43. The normalized spacial score (nSPS) is 15.2. The first-order valence-corrected chi connectivity index (χ1v) is 7.64. The maximum Gasteiger partial charge on any atom is 0.262 e. The van der Waals surface area contributed by atoms with Gasteiger partial charge in [0.2, 0.25) is 5.91 Å². The Morgan fingerprint density at radius 3 is 2.09 bits per heavy atom. The molecular weight excluding hydrogens is 280 g/mol. The van der Waals surface area contributed by atoms with Crippen LogP contribution in [0, 0.1) is 5.92 Å². The fourth-order valence-corrected chi connectivity index (χ4v) is 2.50. The second kappa shape index (κ2) is 6.73. The molecule has 0 bridgehead atoms. The molecule has 22 heavy (non-hydrogen) atoms. The number of nitrogens with zero attached hydrogens (tertiary/aromatic N) is 1. The Kier molecular flexibility index (Phi) is 4.96. The van der Waals surface area contributed by atoms with E-state index in [2.05, 4.69) is 19.2 Å². The van der Waals surface area contributed by atoms with E-state index in [1.807, 2.05) is 6.92 Å². The highest BCUT2D eigenvalue weighted by Gasteiger charge is 2.36. The van der Waals surface area contributed by atoms with E-state index in [0.29, 0.717) is 17.0 Å². The van der Waals surface area contributed by atoms with Gasteiger partial charge in [-0.2, -0.15) is 0 Å². The molecule has 0 radical (unpaired) electrons. The number of nitrogens with one attached hydrogen (secondary N) is 1. The first kappa shape index (κ1) is 16.2. The average Bonchev–Trinajstić information content (AvgIpc) is 2.71. The van der Waals surface area contributed by atoms with Crippen LogP contribution in [0.15, 0.2) is 24.3 Å². The predicted molar refractivity (Wildman–Crippen MR) is 83.5 cm³/mol. The van der Waals surface area contributed by atoms with Gasteiger partial charge in [0.05, 0.1) is 11.1 Å². The van der Waals surface area contributed by atoms with E-state index in [9.17, 15) is 14.4 Å². The van der Waals surface area contributed by atoms with Crippen molar-refractivity contribution >= 4 is 17.7 Å². The average molecular weight is 302 g/mol. The Labute approximate surface area is 130 Å². The lowest BCUT2D eigenvalue weighted by atomic mass is 10.0. The number of fused-ring (bicyclic) bond motifs is 1. The molecule has 5 nitrogen and oxygen atoms in total. The second-order valence-corrected chi connectivity index (χ2v) is 6.18. The topological polar surface area (TPSA) is 66.5 Å². The fourth-order valence-electron chi connectivity index (χ4n) is 2.50. The van der Waals surface area contributed by atoms with Crippen LogP contribution in [-0.2, 0) is 4.79 Å².